The summed E-state index contributed by atoms with van der Waals surface area (Å²) in [4.78, 5) is 9.25. The maximum Gasteiger partial charge on any atom is 0.0916 e. The molecule has 0 aliphatic rings. The van der Waals surface area contributed by atoms with Crippen molar-refractivity contribution < 1.29 is 0 Å². The summed E-state index contributed by atoms with van der Waals surface area (Å²) in [6, 6.07) is 12.2. The second-order valence-corrected chi connectivity index (χ2v) is 4.87. The van der Waals surface area contributed by atoms with Gasteiger partial charge in [0.25, 0.3) is 0 Å². The maximum atomic E-state index is 4.73. The van der Waals surface area contributed by atoms with Gasteiger partial charge in [-0.1, -0.05) is 24.3 Å². The van der Waals surface area contributed by atoms with Gasteiger partial charge in [0.1, 0.15) is 0 Å². The van der Waals surface area contributed by atoms with Crippen LogP contribution in [0.1, 0.15) is 5.56 Å². The molecule has 0 aliphatic carbocycles. The number of H-pyrrole nitrogens is 1. The molecule has 0 saturated carbocycles. The van der Waals surface area contributed by atoms with Gasteiger partial charge in [-0.3, -0.25) is 10.1 Å². The van der Waals surface area contributed by atoms with Gasteiger partial charge in [-0.2, -0.15) is 5.10 Å². The van der Waals surface area contributed by atoms with E-state index < -0.39 is 0 Å². The molecule has 0 spiro atoms. The Morgan fingerprint density at radius 3 is 2.80 bits per heavy atom. The van der Waals surface area contributed by atoms with Crippen LogP contribution in [0.2, 0.25) is 0 Å². The molecule has 0 saturated heterocycles. The standard InChI is InChI=1S/C16H12N4/c1-10-4-2-3-5-12(10)16-9-17-14-6-11-8-18-20-13(11)7-15(14)19-16/h2-9H,1H3,(H,18,20). The number of hydrogen-bond acceptors (Lipinski definition) is 3. The van der Waals surface area contributed by atoms with E-state index in [1.807, 2.05) is 30.5 Å². The van der Waals surface area contributed by atoms with E-state index in [2.05, 4.69) is 34.2 Å². The molecule has 0 fully saturated rings. The first kappa shape index (κ1) is 11.1. The van der Waals surface area contributed by atoms with Crippen LogP contribution in [0, 0.1) is 6.92 Å². The van der Waals surface area contributed by atoms with Crippen LogP contribution in [0.15, 0.2) is 48.8 Å². The molecule has 96 valence electrons. The molecule has 2 aromatic carbocycles. The van der Waals surface area contributed by atoms with Gasteiger partial charge in [0.2, 0.25) is 0 Å². The fourth-order valence-corrected chi connectivity index (χ4v) is 2.44. The molecule has 0 atom stereocenters. The number of nitrogens with zero attached hydrogens (tertiary/aromatic N) is 3. The van der Waals surface area contributed by atoms with Gasteiger partial charge in [-0.25, -0.2) is 4.98 Å². The van der Waals surface area contributed by atoms with Gasteiger partial charge in [0, 0.05) is 10.9 Å². The summed E-state index contributed by atoms with van der Waals surface area (Å²) in [7, 11) is 0. The number of rotatable bonds is 1. The molecule has 4 rings (SSSR count). The molecule has 4 heteroatoms. The molecule has 2 aromatic heterocycles. The minimum atomic E-state index is 0.877. The highest BCUT2D eigenvalue weighted by atomic mass is 15.1. The van der Waals surface area contributed by atoms with Crippen molar-refractivity contribution in [3.8, 4) is 11.3 Å². The van der Waals surface area contributed by atoms with E-state index in [1.165, 1.54) is 5.56 Å². The molecule has 0 unspecified atom stereocenters. The van der Waals surface area contributed by atoms with Gasteiger partial charge in [-0.15, -0.1) is 0 Å². The normalized spacial score (nSPS) is 11.2. The van der Waals surface area contributed by atoms with Crippen LogP contribution >= 0.6 is 0 Å². The SMILES string of the molecule is Cc1ccccc1-c1cnc2cc3cn[nH]c3cc2n1. The summed E-state index contributed by atoms with van der Waals surface area (Å²) >= 11 is 0. The monoisotopic (exact) mass is 260 g/mol. The van der Waals surface area contributed by atoms with Crippen molar-refractivity contribution >= 4 is 21.9 Å². The van der Waals surface area contributed by atoms with Crippen LogP contribution < -0.4 is 0 Å². The zero-order chi connectivity index (χ0) is 13.5. The Labute approximate surface area is 115 Å². The predicted octanol–water partition coefficient (Wildman–Crippen LogP) is 3.48. The second-order valence-electron chi connectivity index (χ2n) is 4.87. The van der Waals surface area contributed by atoms with Crippen molar-refractivity contribution in [1.82, 2.24) is 20.2 Å². The number of aromatic nitrogens is 4. The Hall–Kier alpha value is -2.75. The topological polar surface area (TPSA) is 54.5 Å². The van der Waals surface area contributed by atoms with E-state index in [0.29, 0.717) is 0 Å². The first-order chi connectivity index (χ1) is 9.81. The van der Waals surface area contributed by atoms with Crippen LogP contribution in [-0.4, -0.2) is 20.2 Å². The summed E-state index contributed by atoms with van der Waals surface area (Å²) in [5, 5.41) is 8.05. The van der Waals surface area contributed by atoms with Gasteiger partial charge in [0.05, 0.1) is 34.6 Å². The van der Waals surface area contributed by atoms with E-state index in [0.717, 1.165) is 33.2 Å². The third-order valence-corrected chi connectivity index (χ3v) is 3.52. The molecule has 4 nitrogen and oxygen atoms in total. The van der Waals surface area contributed by atoms with E-state index in [1.54, 1.807) is 6.20 Å². The first-order valence-corrected chi connectivity index (χ1v) is 6.47. The molecule has 2 heterocycles. The molecule has 20 heavy (non-hydrogen) atoms. The third kappa shape index (κ3) is 1.66. The summed E-state index contributed by atoms with van der Waals surface area (Å²) in [6.45, 7) is 2.08. The fourth-order valence-electron chi connectivity index (χ4n) is 2.44. The number of hydrogen-bond donors (Lipinski definition) is 1. The quantitative estimate of drug-likeness (QED) is 0.570. The minimum absolute atomic E-state index is 0.877. The Morgan fingerprint density at radius 2 is 1.90 bits per heavy atom. The summed E-state index contributed by atoms with van der Waals surface area (Å²) < 4.78 is 0. The highest BCUT2D eigenvalue weighted by Gasteiger charge is 2.06. The summed E-state index contributed by atoms with van der Waals surface area (Å²) in [5.41, 5.74) is 5.96. The Morgan fingerprint density at radius 1 is 1.00 bits per heavy atom. The second kappa shape index (κ2) is 4.13. The molecule has 0 amide bonds. The Balaban J connectivity index is 1.98. The molecule has 0 aliphatic heterocycles. The smallest absolute Gasteiger partial charge is 0.0916 e. The molecule has 1 N–H and O–H groups in total. The van der Waals surface area contributed by atoms with Crippen LogP contribution in [0.3, 0.4) is 0 Å². The molecular weight excluding hydrogens is 248 g/mol. The van der Waals surface area contributed by atoms with E-state index in [4.69, 9.17) is 4.98 Å². The van der Waals surface area contributed by atoms with Crippen LogP contribution in [0.5, 0.6) is 0 Å². The van der Waals surface area contributed by atoms with Crippen molar-refractivity contribution in [3.05, 3.63) is 54.4 Å². The van der Waals surface area contributed by atoms with Crippen LogP contribution in [0.4, 0.5) is 0 Å². The number of nitrogens with one attached hydrogen (secondary N) is 1. The summed E-state index contributed by atoms with van der Waals surface area (Å²) in [6.07, 6.45) is 3.63. The zero-order valence-corrected chi connectivity index (χ0v) is 11.0. The predicted molar refractivity (Wildman–Crippen MR) is 79.4 cm³/mol. The fraction of sp³-hybridized carbons (Fsp3) is 0.0625. The van der Waals surface area contributed by atoms with Crippen molar-refractivity contribution in [2.45, 2.75) is 6.92 Å². The van der Waals surface area contributed by atoms with Crippen molar-refractivity contribution in [1.29, 1.82) is 0 Å². The lowest BCUT2D eigenvalue weighted by molar-refractivity contribution is 1.12. The van der Waals surface area contributed by atoms with Crippen LogP contribution in [0.25, 0.3) is 33.2 Å². The molecule has 4 aromatic rings. The lowest BCUT2D eigenvalue weighted by atomic mass is 10.1. The van der Waals surface area contributed by atoms with Gasteiger partial charge < -0.3 is 0 Å². The van der Waals surface area contributed by atoms with Gasteiger partial charge >= 0.3 is 0 Å². The van der Waals surface area contributed by atoms with E-state index in [9.17, 15) is 0 Å². The average Bonchev–Trinajstić information content (AvgIpc) is 2.92. The van der Waals surface area contributed by atoms with E-state index >= 15 is 0 Å². The van der Waals surface area contributed by atoms with E-state index in [-0.39, 0.29) is 0 Å². The Kier molecular flexibility index (Phi) is 2.29. The average molecular weight is 260 g/mol. The number of fused-ring (bicyclic) bond motifs is 2. The lowest BCUT2D eigenvalue weighted by Crippen LogP contribution is -1.90. The number of aryl methyl sites for hydroxylation is 1. The molecule has 0 bridgehead atoms. The van der Waals surface area contributed by atoms with Crippen LogP contribution in [-0.2, 0) is 0 Å². The minimum Gasteiger partial charge on any atom is -0.278 e. The van der Waals surface area contributed by atoms with Gasteiger partial charge in [-0.05, 0) is 24.6 Å². The third-order valence-electron chi connectivity index (χ3n) is 3.52. The highest BCUT2D eigenvalue weighted by molar-refractivity contribution is 5.93. The first-order valence-electron chi connectivity index (χ1n) is 6.47. The largest absolute Gasteiger partial charge is 0.278 e. The number of aromatic amines is 1. The molecule has 0 radical (unpaired) electrons. The van der Waals surface area contributed by atoms with Crippen molar-refractivity contribution in [2.75, 3.05) is 0 Å². The van der Waals surface area contributed by atoms with Gasteiger partial charge in [0.15, 0.2) is 0 Å². The summed E-state index contributed by atoms with van der Waals surface area (Å²) in [5.74, 6) is 0. The Bertz CT molecular complexity index is 924. The molecular formula is C16H12N4. The van der Waals surface area contributed by atoms with Crippen molar-refractivity contribution in [2.24, 2.45) is 0 Å². The zero-order valence-electron chi connectivity index (χ0n) is 11.0. The maximum absolute atomic E-state index is 4.73. The van der Waals surface area contributed by atoms with Crippen molar-refractivity contribution in [3.63, 3.8) is 0 Å². The lowest BCUT2D eigenvalue weighted by Gasteiger charge is -2.05. The highest BCUT2D eigenvalue weighted by Crippen LogP contribution is 2.24. The number of benzene rings is 2.